The first-order valence-corrected chi connectivity index (χ1v) is 8.81. The highest BCUT2D eigenvalue weighted by atomic mass is 35.5. The lowest BCUT2D eigenvalue weighted by Crippen LogP contribution is -2.23. The van der Waals surface area contributed by atoms with Crippen LogP contribution in [0.3, 0.4) is 0 Å². The third kappa shape index (κ3) is 5.76. The molecule has 5 nitrogen and oxygen atoms in total. The van der Waals surface area contributed by atoms with Crippen LogP contribution in [-0.4, -0.2) is 22.4 Å². The van der Waals surface area contributed by atoms with E-state index in [1.807, 2.05) is 24.3 Å². The molecule has 1 heterocycles. The van der Waals surface area contributed by atoms with Gasteiger partial charge in [-0.05, 0) is 41.8 Å². The third-order valence-corrected chi connectivity index (χ3v) is 4.14. The average Bonchev–Trinajstić information content (AvgIpc) is 2.69. The van der Waals surface area contributed by atoms with Gasteiger partial charge in [-0.1, -0.05) is 35.9 Å². The molecule has 0 aliphatic heterocycles. The Morgan fingerprint density at radius 1 is 0.963 bits per heavy atom. The summed E-state index contributed by atoms with van der Waals surface area (Å²) in [6, 6.07) is 13.6. The number of rotatable bonds is 7. The molecule has 0 saturated heterocycles. The van der Waals surface area contributed by atoms with E-state index >= 15 is 0 Å². The lowest BCUT2D eigenvalue weighted by atomic mass is 10.1. The third-order valence-electron chi connectivity index (χ3n) is 3.89. The zero-order chi connectivity index (χ0) is 19.1. The number of anilines is 1. The van der Waals surface area contributed by atoms with Gasteiger partial charge in [-0.25, -0.2) is 14.4 Å². The van der Waals surface area contributed by atoms with Gasteiger partial charge < -0.3 is 10.6 Å². The monoisotopic (exact) mass is 384 g/mol. The molecule has 1 aromatic heterocycles. The van der Waals surface area contributed by atoms with Crippen LogP contribution in [-0.2, 0) is 13.0 Å². The molecule has 2 aromatic carbocycles. The van der Waals surface area contributed by atoms with Crippen LogP contribution in [0.4, 0.5) is 10.3 Å². The van der Waals surface area contributed by atoms with Crippen molar-refractivity contribution in [2.45, 2.75) is 13.0 Å². The molecule has 0 radical (unpaired) electrons. The summed E-state index contributed by atoms with van der Waals surface area (Å²) in [6.45, 7) is 0.970. The van der Waals surface area contributed by atoms with Gasteiger partial charge in [-0.15, -0.1) is 0 Å². The van der Waals surface area contributed by atoms with Crippen molar-refractivity contribution in [1.82, 2.24) is 15.3 Å². The van der Waals surface area contributed by atoms with Crippen LogP contribution in [0.2, 0.25) is 5.02 Å². The Hall–Kier alpha value is -2.99. The minimum absolute atomic E-state index is 0.285. The Morgan fingerprint density at radius 2 is 1.59 bits per heavy atom. The summed E-state index contributed by atoms with van der Waals surface area (Å²) in [6.07, 6.45) is 3.75. The molecule has 0 bridgehead atoms. The molecule has 3 aromatic rings. The second-order valence-corrected chi connectivity index (χ2v) is 6.34. The van der Waals surface area contributed by atoms with Gasteiger partial charge in [0.2, 0.25) is 5.95 Å². The maximum atomic E-state index is 12.9. The van der Waals surface area contributed by atoms with Gasteiger partial charge in [0, 0.05) is 30.5 Å². The summed E-state index contributed by atoms with van der Waals surface area (Å²) in [7, 11) is 0. The molecular formula is C20H18ClFN4O. The van der Waals surface area contributed by atoms with Crippen LogP contribution in [0.15, 0.2) is 60.9 Å². The van der Waals surface area contributed by atoms with Crippen molar-refractivity contribution in [1.29, 1.82) is 0 Å². The molecule has 0 aliphatic rings. The molecule has 0 fully saturated rings. The van der Waals surface area contributed by atoms with E-state index in [1.165, 1.54) is 24.5 Å². The Morgan fingerprint density at radius 3 is 2.26 bits per heavy atom. The van der Waals surface area contributed by atoms with Gasteiger partial charge in [0.05, 0.1) is 5.56 Å². The Labute approximate surface area is 161 Å². The number of benzene rings is 2. The van der Waals surface area contributed by atoms with Gasteiger partial charge in [0.1, 0.15) is 5.82 Å². The van der Waals surface area contributed by atoms with E-state index in [1.54, 1.807) is 12.1 Å². The number of hydrogen-bond donors (Lipinski definition) is 2. The van der Waals surface area contributed by atoms with Crippen LogP contribution in [0, 0.1) is 5.82 Å². The van der Waals surface area contributed by atoms with Crippen molar-refractivity contribution in [2.24, 2.45) is 0 Å². The quantitative estimate of drug-likeness (QED) is 0.649. The number of nitrogens with one attached hydrogen (secondary N) is 2. The van der Waals surface area contributed by atoms with E-state index in [9.17, 15) is 9.18 Å². The lowest BCUT2D eigenvalue weighted by molar-refractivity contribution is 0.0950. The summed E-state index contributed by atoms with van der Waals surface area (Å²) in [5.74, 6) is -0.135. The number of halogens is 2. The normalized spacial score (nSPS) is 10.4. The SMILES string of the molecule is O=C(NCc1ccc(F)cc1)c1cnc(NCCc2ccc(Cl)cc2)nc1. The van der Waals surface area contributed by atoms with E-state index in [0.717, 1.165) is 17.5 Å². The van der Waals surface area contributed by atoms with Crippen molar-refractivity contribution >= 4 is 23.5 Å². The molecule has 2 N–H and O–H groups in total. The maximum Gasteiger partial charge on any atom is 0.254 e. The summed E-state index contributed by atoms with van der Waals surface area (Å²) >= 11 is 5.86. The molecule has 0 saturated carbocycles. The number of carbonyl (C=O) groups is 1. The highest BCUT2D eigenvalue weighted by Crippen LogP contribution is 2.10. The number of aromatic nitrogens is 2. The van der Waals surface area contributed by atoms with Crippen LogP contribution in [0.5, 0.6) is 0 Å². The summed E-state index contributed by atoms with van der Waals surface area (Å²) < 4.78 is 12.9. The Kier molecular flexibility index (Phi) is 6.33. The number of hydrogen-bond acceptors (Lipinski definition) is 4. The first-order chi connectivity index (χ1) is 13.1. The molecule has 7 heteroatoms. The predicted octanol–water partition coefficient (Wildman–Crippen LogP) is 3.85. The zero-order valence-corrected chi connectivity index (χ0v) is 15.2. The maximum absolute atomic E-state index is 12.9. The molecule has 0 unspecified atom stereocenters. The molecule has 0 spiro atoms. The topological polar surface area (TPSA) is 66.9 Å². The van der Waals surface area contributed by atoms with Crippen LogP contribution >= 0.6 is 11.6 Å². The predicted molar refractivity (Wildman–Crippen MR) is 103 cm³/mol. The lowest BCUT2D eigenvalue weighted by Gasteiger charge is -2.07. The second kappa shape index (κ2) is 9.09. The first kappa shape index (κ1) is 18.8. The van der Waals surface area contributed by atoms with Crippen molar-refractivity contribution in [2.75, 3.05) is 11.9 Å². The summed E-state index contributed by atoms with van der Waals surface area (Å²) in [5.41, 5.74) is 2.33. The van der Waals surface area contributed by atoms with Gasteiger partial charge >= 0.3 is 0 Å². The van der Waals surface area contributed by atoms with E-state index in [0.29, 0.717) is 29.6 Å². The van der Waals surface area contributed by atoms with Gasteiger partial charge in [-0.3, -0.25) is 4.79 Å². The van der Waals surface area contributed by atoms with Crippen molar-refractivity contribution in [3.63, 3.8) is 0 Å². The molecule has 27 heavy (non-hydrogen) atoms. The largest absolute Gasteiger partial charge is 0.354 e. The van der Waals surface area contributed by atoms with Crippen LogP contribution in [0.1, 0.15) is 21.5 Å². The van der Waals surface area contributed by atoms with Crippen LogP contribution in [0.25, 0.3) is 0 Å². The minimum atomic E-state index is -0.308. The van der Waals surface area contributed by atoms with E-state index in [2.05, 4.69) is 20.6 Å². The first-order valence-electron chi connectivity index (χ1n) is 8.43. The number of carbonyl (C=O) groups excluding carboxylic acids is 1. The van der Waals surface area contributed by atoms with Gasteiger partial charge in [0.25, 0.3) is 5.91 Å². The van der Waals surface area contributed by atoms with Crippen molar-refractivity contribution in [3.8, 4) is 0 Å². The fraction of sp³-hybridized carbons (Fsp3) is 0.150. The minimum Gasteiger partial charge on any atom is -0.354 e. The fourth-order valence-electron chi connectivity index (χ4n) is 2.39. The van der Waals surface area contributed by atoms with Crippen LogP contribution < -0.4 is 10.6 Å². The highest BCUT2D eigenvalue weighted by molar-refractivity contribution is 6.30. The Bertz CT molecular complexity index is 883. The van der Waals surface area contributed by atoms with E-state index in [-0.39, 0.29) is 11.7 Å². The number of amides is 1. The second-order valence-electron chi connectivity index (χ2n) is 5.91. The molecule has 0 aliphatic carbocycles. The Balaban J connectivity index is 1.46. The highest BCUT2D eigenvalue weighted by Gasteiger charge is 2.07. The van der Waals surface area contributed by atoms with Crippen molar-refractivity contribution in [3.05, 3.63) is 88.5 Å². The average molecular weight is 385 g/mol. The number of nitrogens with zero attached hydrogens (tertiary/aromatic N) is 2. The standard InChI is InChI=1S/C20H18ClFN4O/c21-17-5-1-14(2-6-17)9-10-23-20-25-12-16(13-26-20)19(27)24-11-15-3-7-18(22)8-4-15/h1-8,12-13H,9-11H2,(H,24,27)(H,23,25,26). The smallest absolute Gasteiger partial charge is 0.254 e. The van der Waals surface area contributed by atoms with Crippen molar-refractivity contribution < 1.29 is 9.18 Å². The van der Waals surface area contributed by atoms with Gasteiger partial charge in [0.15, 0.2) is 0 Å². The molecule has 1 amide bonds. The van der Waals surface area contributed by atoms with E-state index < -0.39 is 0 Å². The zero-order valence-electron chi connectivity index (χ0n) is 14.5. The van der Waals surface area contributed by atoms with Gasteiger partial charge in [-0.2, -0.15) is 0 Å². The molecule has 138 valence electrons. The molecule has 0 atom stereocenters. The summed E-state index contributed by atoms with van der Waals surface area (Å²) in [5, 5.41) is 6.58. The van der Waals surface area contributed by atoms with E-state index in [4.69, 9.17) is 11.6 Å². The molecule has 3 rings (SSSR count). The summed E-state index contributed by atoms with van der Waals surface area (Å²) in [4.78, 5) is 20.4. The molecular weight excluding hydrogens is 367 g/mol. The fourth-order valence-corrected chi connectivity index (χ4v) is 2.52.